The number of nitrogens with two attached hydrogens (primary N) is 1. The largest absolute Gasteiger partial charge is 0.332 e. The van der Waals surface area contributed by atoms with E-state index in [9.17, 15) is 13.8 Å². The van der Waals surface area contributed by atoms with Crippen molar-refractivity contribution < 1.29 is 22.5 Å². The molecular weight excluding hydrogens is 188 g/mol. The number of rotatable bonds is 5. The molecule has 0 aliphatic rings. The third-order valence-electron chi connectivity index (χ3n) is 0.783. The van der Waals surface area contributed by atoms with E-state index < -0.39 is 23.4 Å². The number of carbonyl (C=O) groups excluding carboxylic acids is 2. The first-order chi connectivity index (χ1) is 5.56. The Balaban J connectivity index is 3.59. The molecule has 4 N–H and O–H groups in total. The summed E-state index contributed by atoms with van der Waals surface area (Å²) >= 11 is -2.42. The Morgan fingerprint density at radius 1 is 1.83 bits per heavy atom. The van der Waals surface area contributed by atoms with E-state index in [-0.39, 0.29) is 12.9 Å². The summed E-state index contributed by atoms with van der Waals surface area (Å²) in [5.74, 6) is -0.908. The van der Waals surface area contributed by atoms with Crippen molar-refractivity contribution in [1.82, 2.24) is 5.32 Å². The molecular formula is C4H8N2O5S. The highest BCUT2D eigenvalue weighted by Crippen LogP contribution is 1.80. The average Bonchev–Trinajstić information content (AvgIpc) is 2.00. The Kier molecular flexibility index (Phi) is 5.37. The van der Waals surface area contributed by atoms with E-state index in [2.05, 4.69) is 4.18 Å². The molecule has 12 heavy (non-hydrogen) atoms. The van der Waals surface area contributed by atoms with Gasteiger partial charge in [-0.2, -0.15) is 4.21 Å². The Labute approximate surface area is 70.7 Å². The molecule has 2 unspecified atom stereocenters. The Morgan fingerprint density at radius 3 is 2.83 bits per heavy atom. The number of hydrogen-bond acceptors (Lipinski definition) is 5. The van der Waals surface area contributed by atoms with Crippen LogP contribution in [0.25, 0.3) is 0 Å². The van der Waals surface area contributed by atoms with Gasteiger partial charge in [0.1, 0.15) is 6.17 Å². The molecule has 0 spiro atoms. The second kappa shape index (κ2) is 5.77. The SMILES string of the molecule is NC(COS(=O)O)NC(=O)C=O. The number of aldehydes is 1. The van der Waals surface area contributed by atoms with Crippen LogP contribution in [-0.4, -0.2) is 33.7 Å². The first-order valence-corrected chi connectivity index (χ1v) is 3.85. The molecule has 0 rings (SSSR count). The molecule has 0 radical (unpaired) electrons. The lowest BCUT2D eigenvalue weighted by atomic mass is 10.5. The zero-order chi connectivity index (χ0) is 9.56. The number of nitrogens with one attached hydrogen (secondary N) is 1. The van der Waals surface area contributed by atoms with Crippen LogP contribution in [-0.2, 0) is 25.1 Å². The molecule has 0 heterocycles. The van der Waals surface area contributed by atoms with Crippen molar-refractivity contribution in [2.24, 2.45) is 5.73 Å². The molecule has 0 bridgehead atoms. The molecule has 0 fully saturated rings. The molecule has 0 aromatic heterocycles. The van der Waals surface area contributed by atoms with E-state index in [0.717, 1.165) is 0 Å². The van der Waals surface area contributed by atoms with Crippen LogP contribution in [0, 0.1) is 0 Å². The minimum Gasteiger partial charge on any atom is -0.332 e. The van der Waals surface area contributed by atoms with Crippen LogP contribution in [0.15, 0.2) is 0 Å². The summed E-state index contributed by atoms with van der Waals surface area (Å²) < 4.78 is 22.1. The van der Waals surface area contributed by atoms with Crippen molar-refractivity contribution in [2.45, 2.75) is 6.17 Å². The lowest BCUT2D eigenvalue weighted by Gasteiger charge is -2.09. The third kappa shape index (κ3) is 5.92. The van der Waals surface area contributed by atoms with Gasteiger partial charge in [0.05, 0.1) is 6.61 Å². The first-order valence-electron chi connectivity index (χ1n) is 2.81. The molecule has 0 aliphatic heterocycles. The Hall–Kier alpha value is -0.830. The lowest BCUT2D eigenvalue weighted by molar-refractivity contribution is -0.131. The van der Waals surface area contributed by atoms with Gasteiger partial charge in [-0.3, -0.25) is 18.3 Å². The molecule has 70 valence electrons. The summed E-state index contributed by atoms with van der Waals surface area (Å²) in [6.45, 7) is -0.345. The molecule has 2 atom stereocenters. The summed E-state index contributed by atoms with van der Waals surface area (Å²) in [4.78, 5) is 20.1. The van der Waals surface area contributed by atoms with E-state index in [4.69, 9.17) is 10.3 Å². The van der Waals surface area contributed by atoms with Crippen LogP contribution in [0.5, 0.6) is 0 Å². The fraction of sp³-hybridized carbons (Fsp3) is 0.500. The van der Waals surface area contributed by atoms with Crippen LogP contribution in [0.4, 0.5) is 0 Å². The fourth-order valence-corrected chi connectivity index (χ4v) is 0.653. The van der Waals surface area contributed by atoms with Gasteiger partial charge in [0.2, 0.25) is 6.29 Å². The summed E-state index contributed by atoms with van der Waals surface area (Å²) in [6.07, 6.45) is -0.936. The van der Waals surface area contributed by atoms with Gasteiger partial charge in [0.15, 0.2) is 0 Å². The van der Waals surface area contributed by atoms with Gasteiger partial charge in [-0.15, -0.1) is 0 Å². The van der Waals surface area contributed by atoms with E-state index in [1.165, 1.54) is 0 Å². The van der Waals surface area contributed by atoms with E-state index in [1.807, 2.05) is 5.32 Å². The number of hydrogen-bond donors (Lipinski definition) is 3. The fourth-order valence-electron chi connectivity index (χ4n) is 0.390. The summed E-state index contributed by atoms with van der Waals surface area (Å²) in [6, 6.07) is 0. The van der Waals surface area contributed by atoms with Crippen molar-refractivity contribution >= 4 is 23.6 Å². The van der Waals surface area contributed by atoms with E-state index in [1.54, 1.807) is 0 Å². The molecule has 0 saturated carbocycles. The monoisotopic (exact) mass is 196 g/mol. The average molecular weight is 196 g/mol. The van der Waals surface area contributed by atoms with Gasteiger partial charge in [-0.05, 0) is 0 Å². The molecule has 0 aliphatic carbocycles. The standard InChI is InChI=1S/C4H8N2O5S/c5-3(2-11-12(9)10)6-4(8)1-7/h1,3H,2,5H2,(H,6,8)(H,9,10). The molecule has 0 aromatic rings. The summed E-state index contributed by atoms with van der Waals surface area (Å²) in [5.41, 5.74) is 5.14. The highest BCUT2D eigenvalue weighted by Gasteiger charge is 2.07. The number of carbonyl (C=O) groups is 2. The van der Waals surface area contributed by atoms with Crippen molar-refractivity contribution in [3.05, 3.63) is 0 Å². The molecule has 8 heteroatoms. The third-order valence-corrected chi connectivity index (χ3v) is 1.12. The number of amides is 1. The summed E-state index contributed by atoms with van der Waals surface area (Å²) in [5, 5.41) is 1.99. The zero-order valence-electron chi connectivity index (χ0n) is 5.93. The van der Waals surface area contributed by atoms with Crippen molar-refractivity contribution in [1.29, 1.82) is 0 Å². The molecule has 7 nitrogen and oxygen atoms in total. The second-order valence-corrected chi connectivity index (χ2v) is 2.40. The predicted molar refractivity (Wildman–Crippen MR) is 38.9 cm³/mol. The molecule has 0 saturated heterocycles. The van der Waals surface area contributed by atoms with Gasteiger partial charge in [-0.25, -0.2) is 0 Å². The van der Waals surface area contributed by atoms with Gasteiger partial charge in [0.25, 0.3) is 5.91 Å². The summed E-state index contributed by atoms with van der Waals surface area (Å²) in [7, 11) is 0. The predicted octanol–water partition coefficient (Wildman–Crippen LogP) is -2.26. The van der Waals surface area contributed by atoms with E-state index in [0.29, 0.717) is 0 Å². The van der Waals surface area contributed by atoms with Crippen molar-refractivity contribution in [3.63, 3.8) is 0 Å². The normalized spacial score (nSPS) is 14.8. The molecule has 1 amide bonds. The highest BCUT2D eigenvalue weighted by molar-refractivity contribution is 7.74. The maximum absolute atomic E-state index is 10.3. The highest BCUT2D eigenvalue weighted by atomic mass is 32.2. The second-order valence-electron chi connectivity index (χ2n) is 1.73. The molecule has 0 aromatic carbocycles. The minimum atomic E-state index is -2.42. The van der Waals surface area contributed by atoms with Crippen LogP contribution in [0.1, 0.15) is 0 Å². The van der Waals surface area contributed by atoms with Gasteiger partial charge in [0, 0.05) is 0 Å². The van der Waals surface area contributed by atoms with E-state index >= 15 is 0 Å². The smallest absolute Gasteiger partial charge is 0.302 e. The Morgan fingerprint density at radius 2 is 2.42 bits per heavy atom. The van der Waals surface area contributed by atoms with Crippen LogP contribution in [0.3, 0.4) is 0 Å². The minimum absolute atomic E-state index is 0.0375. The van der Waals surface area contributed by atoms with Crippen molar-refractivity contribution in [2.75, 3.05) is 6.61 Å². The quantitative estimate of drug-likeness (QED) is 0.197. The first kappa shape index (κ1) is 11.2. The lowest BCUT2D eigenvalue weighted by Crippen LogP contribution is -2.45. The topological polar surface area (TPSA) is 119 Å². The van der Waals surface area contributed by atoms with Crippen LogP contribution in [0.2, 0.25) is 0 Å². The Bertz CT molecular complexity index is 196. The van der Waals surface area contributed by atoms with Crippen LogP contribution >= 0.6 is 0 Å². The maximum atomic E-state index is 10.3. The van der Waals surface area contributed by atoms with Gasteiger partial charge in [-0.1, -0.05) is 0 Å². The maximum Gasteiger partial charge on any atom is 0.302 e. The van der Waals surface area contributed by atoms with Gasteiger partial charge < -0.3 is 11.1 Å². The van der Waals surface area contributed by atoms with Crippen molar-refractivity contribution in [3.8, 4) is 0 Å². The zero-order valence-corrected chi connectivity index (χ0v) is 6.74. The van der Waals surface area contributed by atoms with Gasteiger partial charge >= 0.3 is 11.4 Å². The van der Waals surface area contributed by atoms with Crippen LogP contribution < -0.4 is 11.1 Å².